The maximum atomic E-state index is 9.27. The number of aromatic nitrogens is 4. The van der Waals surface area contributed by atoms with Gasteiger partial charge in [0.05, 0.1) is 18.0 Å². The summed E-state index contributed by atoms with van der Waals surface area (Å²) in [7, 11) is 0. The van der Waals surface area contributed by atoms with Gasteiger partial charge in [0.25, 0.3) is 0 Å². The zero-order chi connectivity index (χ0) is 21.3. The minimum atomic E-state index is 0.217. The second-order valence-electron chi connectivity index (χ2n) is 8.04. The molecule has 0 amide bonds. The van der Waals surface area contributed by atoms with Crippen LogP contribution >= 0.6 is 15.9 Å². The van der Waals surface area contributed by atoms with Crippen LogP contribution in [0.3, 0.4) is 0 Å². The van der Waals surface area contributed by atoms with Crippen LogP contribution in [0.1, 0.15) is 51.1 Å². The highest BCUT2D eigenvalue weighted by atomic mass is 79.9. The third-order valence-corrected chi connectivity index (χ3v) is 5.83. The maximum absolute atomic E-state index is 9.27. The minimum Gasteiger partial charge on any atom is -0.351 e. The number of hydrogen-bond acceptors (Lipinski definition) is 7. The number of nitriles is 1. The summed E-state index contributed by atoms with van der Waals surface area (Å²) < 4.78 is 2.85. The van der Waals surface area contributed by atoms with Crippen LogP contribution in [0.25, 0.3) is 11.2 Å². The number of rotatable bonds is 5. The van der Waals surface area contributed by atoms with Crippen molar-refractivity contribution >= 4 is 44.5 Å². The lowest BCUT2D eigenvalue weighted by molar-refractivity contribution is 0.410. The Bertz CT molecular complexity index is 1090. The van der Waals surface area contributed by atoms with E-state index in [1.165, 1.54) is 0 Å². The maximum Gasteiger partial charge on any atom is 0.227 e. The molecule has 30 heavy (non-hydrogen) atoms. The Kier molecular flexibility index (Phi) is 5.88. The number of nitrogens with one attached hydrogen (secondary N) is 2. The van der Waals surface area contributed by atoms with E-state index in [0.717, 1.165) is 41.5 Å². The molecule has 0 atom stereocenters. The molecule has 0 aliphatic heterocycles. The van der Waals surface area contributed by atoms with E-state index in [-0.39, 0.29) is 12.1 Å². The van der Waals surface area contributed by atoms with E-state index in [1.54, 1.807) is 18.5 Å². The highest BCUT2D eigenvalue weighted by Gasteiger charge is 2.21. The Morgan fingerprint density at radius 3 is 2.67 bits per heavy atom. The molecule has 0 unspecified atom stereocenters. The monoisotopic (exact) mass is 468 g/mol. The lowest BCUT2D eigenvalue weighted by atomic mass is 9.92. The summed E-state index contributed by atoms with van der Waals surface area (Å²) in [5.41, 5.74) is 8.82. The van der Waals surface area contributed by atoms with E-state index in [1.807, 2.05) is 10.6 Å². The highest BCUT2D eigenvalue weighted by molar-refractivity contribution is 9.10. The van der Waals surface area contributed by atoms with Crippen molar-refractivity contribution in [1.29, 1.82) is 5.26 Å². The lowest BCUT2D eigenvalue weighted by Crippen LogP contribution is -2.33. The van der Waals surface area contributed by atoms with Crippen LogP contribution in [0.5, 0.6) is 0 Å². The number of fused-ring (bicyclic) bond motifs is 1. The van der Waals surface area contributed by atoms with Crippen LogP contribution in [0, 0.1) is 11.3 Å². The molecule has 0 radical (unpaired) electrons. The van der Waals surface area contributed by atoms with Crippen molar-refractivity contribution in [2.75, 3.05) is 10.6 Å². The molecule has 4 rings (SSSR count). The molecule has 156 valence electrons. The molecule has 1 aromatic carbocycles. The van der Waals surface area contributed by atoms with Crippen molar-refractivity contribution in [2.24, 2.45) is 5.73 Å². The first kappa shape index (κ1) is 20.6. The molecule has 1 aliphatic carbocycles. The number of nitrogens with zero attached hydrogens (tertiary/aromatic N) is 5. The fourth-order valence-corrected chi connectivity index (χ4v) is 4.25. The highest BCUT2D eigenvalue weighted by Crippen LogP contribution is 2.29. The molecule has 2 aromatic heterocycles. The Balaban J connectivity index is 1.72. The lowest BCUT2D eigenvalue weighted by Gasteiger charge is -2.27. The Labute approximate surface area is 184 Å². The van der Waals surface area contributed by atoms with Gasteiger partial charge in [-0.3, -0.25) is 0 Å². The van der Waals surface area contributed by atoms with Gasteiger partial charge in [-0.15, -0.1) is 0 Å². The van der Waals surface area contributed by atoms with E-state index in [0.29, 0.717) is 28.9 Å². The largest absolute Gasteiger partial charge is 0.351 e. The first-order valence-electron chi connectivity index (χ1n) is 10.2. The fraction of sp³-hybridized carbons (Fsp3) is 0.429. The standard InChI is InChI=1S/C21H25BrN8/c1-12(2)30-11-25-18-19(26-17-8-13(10-23)7-14(22)9-17)28-21(29-20(18)30)27-16-5-3-15(24)4-6-16/h7-9,11-12,15-16H,3-6,24H2,1-2H3,(H2,26,27,28,29). The van der Waals surface area contributed by atoms with E-state index < -0.39 is 0 Å². The Morgan fingerprint density at radius 2 is 1.97 bits per heavy atom. The molecule has 1 saturated carbocycles. The summed E-state index contributed by atoms with van der Waals surface area (Å²) in [6.07, 6.45) is 5.81. The van der Waals surface area contributed by atoms with Gasteiger partial charge in [-0.05, 0) is 57.7 Å². The molecule has 9 heteroatoms. The second kappa shape index (κ2) is 8.58. The molecular weight excluding hydrogens is 444 g/mol. The van der Waals surface area contributed by atoms with Crippen molar-refractivity contribution in [2.45, 2.75) is 57.7 Å². The molecule has 4 N–H and O–H groups in total. The quantitative estimate of drug-likeness (QED) is 0.505. The summed E-state index contributed by atoms with van der Waals surface area (Å²) >= 11 is 3.46. The van der Waals surface area contributed by atoms with Gasteiger partial charge in [0.2, 0.25) is 5.95 Å². The molecule has 0 saturated heterocycles. The van der Waals surface area contributed by atoms with Crippen LogP contribution in [-0.4, -0.2) is 31.6 Å². The molecule has 1 fully saturated rings. The van der Waals surface area contributed by atoms with Crippen molar-refractivity contribution in [1.82, 2.24) is 19.5 Å². The average Bonchev–Trinajstić information content (AvgIpc) is 3.14. The minimum absolute atomic E-state index is 0.217. The smallest absolute Gasteiger partial charge is 0.227 e. The normalized spacial score (nSPS) is 19.1. The average molecular weight is 469 g/mol. The molecule has 0 spiro atoms. The zero-order valence-electron chi connectivity index (χ0n) is 17.1. The van der Waals surface area contributed by atoms with E-state index in [2.05, 4.69) is 51.5 Å². The van der Waals surface area contributed by atoms with E-state index >= 15 is 0 Å². The van der Waals surface area contributed by atoms with Gasteiger partial charge >= 0.3 is 0 Å². The van der Waals surface area contributed by atoms with Gasteiger partial charge in [-0.1, -0.05) is 15.9 Å². The summed E-state index contributed by atoms with van der Waals surface area (Å²) in [6.45, 7) is 4.19. The van der Waals surface area contributed by atoms with Crippen molar-refractivity contribution in [3.8, 4) is 6.07 Å². The summed E-state index contributed by atoms with van der Waals surface area (Å²) in [4.78, 5) is 14.1. The third kappa shape index (κ3) is 4.40. The van der Waals surface area contributed by atoms with Crippen molar-refractivity contribution < 1.29 is 0 Å². The summed E-state index contributed by atoms with van der Waals surface area (Å²) in [5, 5.41) is 16.1. The number of halogens is 1. The first-order chi connectivity index (χ1) is 14.4. The Hall–Kier alpha value is -2.70. The summed E-state index contributed by atoms with van der Waals surface area (Å²) in [5.74, 6) is 1.18. The molecular formula is C21H25BrN8. The molecule has 8 nitrogen and oxygen atoms in total. The predicted octanol–water partition coefficient (Wildman–Crippen LogP) is 4.47. The van der Waals surface area contributed by atoms with Gasteiger partial charge < -0.3 is 20.9 Å². The van der Waals surface area contributed by atoms with Crippen LogP contribution in [-0.2, 0) is 0 Å². The number of benzene rings is 1. The number of imidazole rings is 1. The van der Waals surface area contributed by atoms with Gasteiger partial charge in [0.1, 0.15) is 0 Å². The Morgan fingerprint density at radius 1 is 1.20 bits per heavy atom. The molecule has 1 aliphatic rings. The van der Waals surface area contributed by atoms with Gasteiger partial charge in [-0.2, -0.15) is 15.2 Å². The first-order valence-corrected chi connectivity index (χ1v) is 11.0. The van der Waals surface area contributed by atoms with Crippen LogP contribution in [0.15, 0.2) is 29.0 Å². The number of hydrogen-bond donors (Lipinski definition) is 3. The van der Waals surface area contributed by atoms with Gasteiger partial charge in [-0.25, -0.2) is 4.98 Å². The second-order valence-corrected chi connectivity index (χ2v) is 8.95. The third-order valence-electron chi connectivity index (χ3n) is 5.37. The van der Waals surface area contributed by atoms with Crippen molar-refractivity contribution in [3.05, 3.63) is 34.6 Å². The van der Waals surface area contributed by atoms with Gasteiger partial charge in [0.15, 0.2) is 17.0 Å². The van der Waals surface area contributed by atoms with Gasteiger partial charge in [0, 0.05) is 28.3 Å². The van der Waals surface area contributed by atoms with Crippen LogP contribution in [0.2, 0.25) is 0 Å². The van der Waals surface area contributed by atoms with E-state index in [4.69, 9.17) is 15.7 Å². The number of anilines is 3. The SMILES string of the molecule is CC(C)n1cnc2c(Nc3cc(Br)cc(C#N)c3)nc(NC3CCC(N)CC3)nc21. The zero-order valence-corrected chi connectivity index (χ0v) is 18.6. The van der Waals surface area contributed by atoms with Crippen LogP contribution < -0.4 is 16.4 Å². The molecule has 0 bridgehead atoms. The van der Waals surface area contributed by atoms with Crippen LogP contribution in [0.4, 0.5) is 17.5 Å². The summed E-state index contributed by atoms with van der Waals surface area (Å²) in [6, 6.07) is 8.45. The topological polar surface area (TPSA) is 117 Å². The molecule has 2 heterocycles. The number of nitrogens with two attached hydrogens (primary N) is 1. The predicted molar refractivity (Wildman–Crippen MR) is 122 cm³/mol. The van der Waals surface area contributed by atoms with E-state index in [9.17, 15) is 5.26 Å². The van der Waals surface area contributed by atoms with Crippen molar-refractivity contribution in [3.63, 3.8) is 0 Å². The molecule has 3 aromatic rings. The fourth-order valence-electron chi connectivity index (χ4n) is 3.76.